The molecule has 2 rings (SSSR count). The summed E-state index contributed by atoms with van der Waals surface area (Å²) in [5, 5.41) is 9.89. The van der Waals surface area contributed by atoms with Crippen LogP contribution in [0, 0.1) is 0 Å². The van der Waals surface area contributed by atoms with Crippen molar-refractivity contribution >= 4 is 5.69 Å². The van der Waals surface area contributed by atoms with Crippen LogP contribution in [0.4, 0.5) is 5.69 Å². The Balaban J connectivity index is 1.70. The van der Waals surface area contributed by atoms with E-state index in [0.717, 1.165) is 45.6 Å². The number of piperazine rings is 1. The standard InChI is InChI=1S/C16H27N3O/c1-16(20,14-17)8-5-9-18-10-12-19(13-11-18)15-6-3-2-4-7-15/h2-4,6-7,20H,5,8-14,17H2,1H3. The van der Waals surface area contributed by atoms with Crippen molar-refractivity contribution in [3.63, 3.8) is 0 Å². The molecule has 0 amide bonds. The van der Waals surface area contributed by atoms with Crippen molar-refractivity contribution < 1.29 is 5.11 Å². The molecule has 0 aliphatic carbocycles. The molecule has 0 bridgehead atoms. The van der Waals surface area contributed by atoms with Crippen LogP contribution in [0.15, 0.2) is 30.3 Å². The first-order chi connectivity index (χ1) is 9.61. The third-order valence-electron chi connectivity index (χ3n) is 4.12. The van der Waals surface area contributed by atoms with Crippen molar-refractivity contribution in [2.75, 3.05) is 44.2 Å². The van der Waals surface area contributed by atoms with E-state index in [0.29, 0.717) is 6.54 Å². The summed E-state index contributed by atoms with van der Waals surface area (Å²) in [6.45, 7) is 7.57. The van der Waals surface area contributed by atoms with Crippen molar-refractivity contribution in [3.8, 4) is 0 Å². The summed E-state index contributed by atoms with van der Waals surface area (Å²) in [4.78, 5) is 4.92. The van der Waals surface area contributed by atoms with Gasteiger partial charge < -0.3 is 15.7 Å². The van der Waals surface area contributed by atoms with Crippen LogP contribution in [-0.4, -0.2) is 54.9 Å². The smallest absolute Gasteiger partial charge is 0.0741 e. The monoisotopic (exact) mass is 277 g/mol. The Hall–Kier alpha value is -1.10. The van der Waals surface area contributed by atoms with Gasteiger partial charge in [-0.2, -0.15) is 0 Å². The highest BCUT2D eigenvalue weighted by molar-refractivity contribution is 5.46. The lowest BCUT2D eigenvalue weighted by atomic mass is 10.0. The highest BCUT2D eigenvalue weighted by Gasteiger charge is 2.20. The molecular formula is C16H27N3O. The van der Waals surface area contributed by atoms with Gasteiger partial charge >= 0.3 is 0 Å². The third kappa shape index (κ3) is 4.47. The van der Waals surface area contributed by atoms with Crippen LogP contribution in [0.5, 0.6) is 0 Å². The number of nitrogens with zero attached hydrogens (tertiary/aromatic N) is 2. The first-order valence-corrected chi connectivity index (χ1v) is 7.55. The molecule has 4 nitrogen and oxygen atoms in total. The molecule has 1 aliphatic rings. The lowest BCUT2D eigenvalue weighted by Gasteiger charge is -2.36. The first kappa shape index (κ1) is 15.3. The molecule has 0 saturated carbocycles. The Bertz CT molecular complexity index is 386. The SMILES string of the molecule is CC(O)(CN)CCCN1CCN(c2ccccc2)CC1. The lowest BCUT2D eigenvalue weighted by molar-refractivity contribution is 0.0542. The minimum absolute atomic E-state index is 0.342. The summed E-state index contributed by atoms with van der Waals surface area (Å²) in [5.74, 6) is 0. The molecule has 4 heteroatoms. The molecule has 0 aromatic heterocycles. The maximum atomic E-state index is 9.89. The Morgan fingerprint density at radius 2 is 1.80 bits per heavy atom. The number of nitrogens with two attached hydrogens (primary N) is 1. The zero-order valence-electron chi connectivity index (χ0n) is 12.5. The molecule has 0 radical (unpaired) electrons. The molecule has 1 fully saturated rings. The quantitative estimate of drug-likeness (QED) is 0.823. The summed E-state index contributed by atoms with van der Waals surface area (Å²) in [6, 6.07) is 10.6. The molecule has 0 spiro atoms. The number of anilines is 1. The van der Waals surface area contributed by atoms with Crippen LogP contribution in [0.2, 0.25) is 0 Å². The van der Waals surface area contributed by atoms with E-state index in [4.69, 9.17) is 5.73 Å². The summed E-state index contributed by atoms with van der Waals surface area (Å²) in [7, 11) is 0. The van der Waals surface area contributed by atoms with E-state index in [1.165, 1.54) is 5.69 Å². The zero-order valence-corrected chi connectivity index (χ0v) is 12.5. The Kier molecular flexibility index (Phi) is 5.40. The number of para-hydroxylation sites is 1. The van der Waals surface area contributed by atoms with Crippen LogP contribution in [0.3, 0.4) is 0 Å². The molecule has 1 heterocycles. The number of aliphatic hydroxyl groups is 1. The van der Waals surface area contributed by atoms with Crippen LogP contribution >= 0.6 is 0 Å². The predicted molar refractivity (Wildman–Crippen MR) is 84.0 cm³/mol. The van der Waals surface area contributed by atoms with Gasteiger partial charge in [-0.05, 0) is 38.4 Å². The normalized spacial score (nSPS) is 19.9. The van der Waals surface area contributed by atoms with Gasteiger partial charge in [-0.3, -0.25) is 4.90 Å². The summed E-state index contributed by atoms with van der Waals surface area (Å²) < 4.78 is 0. The van der Waals surface area contributed by atoms with Crippen molar-refractivity contribution in [2.24, 2.45) is 5.73 Å². The molecule has 3 N–H and O–H groups in total. The van der Waals surface area contributed by atoms with Gasteiger partial charge in [-0.15, -0.1) is 0 Å². The molecule has 20 heavy (non-hydrogen) atoms. The highest BCUT2D eigenvalue weighted by Crippen LogP contribution is 2.16. The van der Waals surface area contributed by atoms with E-state index >= 15 is 0 Å². The maximum absolute atomic E-state index is 9.89. The fourth-order valence-electron chi connectivity index (χ4n) is 2.65. The summed E-state index contributed by atoms with van der Waals surface area (Å²) in [6.07, 6.45) is 1.79. The van der Waals surface area contributed by atoms with Gasteiger partial charge in [-0.25, -0.2) is 0 Å². The fraction of sp³-hybridized carbons (Fsp3) is 0.625. The van der Waals surface area contributed by atoms with E-state index < -0.39 is 5.60 Å². The molecule has 1 atom stereocenters. The van der Waals surface area contributed by atoms with E-state index in [-0.39, 0.29) is 0 Å². The Morgan fingerprint density at radius 1 is 1.15 bits per heavy atom. The van der Waals surface area contributed by atoms with Crippen LogP contribution < -0.4 is 10.6 Å². The molecule has 1 unspecified atom stereocenters. The Labute approximate surface area is 122 Å². The average Bonchev–Trinajstić information content (AvgIpc) is 2.49. The number of benzene rings is 1. The van der Waals surface area contributed by atoms with Crippen molar-refractivity contribution in [1.82, 2.24) is 4.90 Å². The summed E-state index contributed by atoms with van der Waals surface area (Å²) in [5.41, 5.74) is 6.15. The summed E-state index contributed by atoms with van der Waals surface area (Å²) >= 11 is 0. The van der Waals surface area contributed by atoms with Gasteiger partial charge in [0.2, 0.25) is 0 Å². The minimum Gasteiger partial charge on any atom is -0.389 e. The van der Waals surface area contributed by atoms with Crippen molar-refractivity contribution in [1.29, 1.82) is 0 Å². The second kappa shape index (κ2) is 7.07. The van der Waals surface area contributed by atoms with Crippen LogP contribution in [0.25, 0.3) is 0 Å². The highest BCUT2D eigenvalue weighted by atomic mass is 16.3. The molecular weight excluding hydrogens is 250 g/mol. The molecule has 1 saturated heterocycles. The Morgan fingerprint density at radius 3 is 2.40 bits per heavy atom. The van der Waals surface area contributed by atoms with Crippen molar-refractivity contribution in [2.45, 2.75) is 25.4 Å². The second-order valence-corrected chi connectivity index (χ2v) is 5.97. The third-order valence-corrected chi connectivity index (χ3v) is 4.12. The van der Waals surface area contributed by atoms with Crippen LogP contribution in [0.1, 0.15) is 19.8 Å². The van der Waals surface area contributed by atoms with E-state index in [9.17, 15) is 5.11 Å². The molecule has 1 aliphatic heterocycles. The number of hydrogen-bond donors (Lipinski definition) is 2. The second-order valence-electron chi connectivity index (χ2n) is 5.97. The topological polar surface area (TPSA) is 52.7 Å². The minimum atomic E-state index is -0.703. The first-order valence-electron chi connectivity index (χ1n) is 7.55. The number of rotatable bonds is 6. The lowest BCUT2D eigenvalue weighted by Crippen LogP contribution is -2.47. The van der Waals surface area contributed by atoms with E-state index in [1.54, 1.807) is 0 Å². The molecule has 1 aromatic rings. The van der Waals surface area contributed by atoms with Gasteiger partial charge in [0.25, 0.3) is 0 Å². The van der Waals surface area contributed by atoms with E-state index in [1.807, 2.05) is 6.92 Å². The van der Waals surface area contributed by atoms with Gasteiger partial charge in [0, 0.05) is 38.4 Å². The number of hydrogen-bond acceptors (Lipinski definition) is 4. The molecule has 112 valence electrons. The zero-order chi connectivity index (χ0) is 14.4. The average molecular weight is 277 g/mol. The van der Waals surface area contributed by atoms with Gasteiger partial charge in [-0.1, -0.05) is 18.2 Å². The van der Waals surface area contributed by atoms with Crippen LogP contribution in [-0.2, 0) is 0 Å². The predicted octanol–water partition coefficient (Wildman–Crippen LogP) is 1.30. The fourth-order valence-corrected chi connectivity index (χ4v) is 2.65. The largest absolute Gasteiger partial charge is 0.389 e. The van der Waals surface area contributed by atoms with Gasteiger partial charge in [0.05, 0.1) is 5.60 Å². The van der Waals surface area contributed by atoms with Gasteiger partial charge in [0.1, 0.15) is 0 Å². The molecule has 1 aromatic carbocycles. The van der Waals surface area contributed by atoms with E-state index in [2.05, 4.69) is 40.1 Å². The van der Waals surface area contributed by atoms with Crippen molar-refractivity contribution in [3.05, 3.63) is 30.3 Å². The van der Waals surface area contributed by atoms with Gasteiger partial charge in [0.15, 0.2) is 0 Å². The maximum Gasteiger partial charge on any atom is 0.0741 e.